The fourth-order valence-electron chi connectivity index (χ4n) is 1.36. The van der Waals surface area contributed by atoms with Crippen LogP contribution in [-0.2, 0) is 0 Å². The summed E-state index contributed by atoms with van der Waals surface area (Å²) in [5, 5.41) is 1.68. The van der Waals surface area contributed by atoms with Gasteiger partial charge >= 0.3 is 6.03 Å². The summed E-state index contributed by atoms with van der Waals surface area (Å²) in [7, 11) is 3.64. The van der Waals surface area contributed by atoms with E-state index in [1.165, 1.54) is 6.42 Å². The molecule has 1 aliphatic heterocycles. The van der Waals surface area contributed by atoms with Gasteiger partial charge in [0.2, 0.25) is 0 Å². The summed E-state index contributed by atoms with van der Waals surface area (Å²) in [6.07, 6.45) is 3.54. The molecule has 0 unspecified atom stereocenters. The van der Waals surface area contributed by atoms with Crippen molar-refractivity contribution in [3.8, 4) is 0 Å². The Bertz CT molecular complexity index is 152. The Hall–Kier alpha value is -0.770. The summed E-state index contributed by atoms with van der Waals surface area (Å²) in [6.45, 7) is 1.80. The molecule has 1 saturated heterocycles. The Morgan fingerprint density at radius 1 is 1.25 bits per heavy atom. The van der Waals surface area contributed by atoms with Gasteiger partial charge in [-0.15, -0.1) is 0 Å². The van der Waals surface area contributed by atoms with Crippen LogP contribution in [0.15, 0.2) is 0 Å². The second kappa shape index (κ2) is 4.30. The van der Waals surface area contributed by atoms with E-state index in [9.17, 15) is 4.79 Å². The van der Waals surface area contributed by atoms with Crippen molar-refractivity contribution in [2.24, 2.45) is 0 Å². The van der Waals surface area contributed by atoms with Gasteiger partial charge in [0.05, 0.1) is 0 Å². The molecule has 1 N–H and O–H groups in total. The van der Waals surface area contributed by atoms with Crippen molar-refractivity contribution in [3.05, 3.63) is 0 Å². The van der Waals surface area contributed by atoms with Crippen molar-refractivity contribution < 1.29 is 4.79 Å². The topological polar surface area (TPSA) is 35.6 Å². The highest BCUT2D eigenvalue weighted by atomic mass is 16.2. The first-order valence-corrected chi connectivity index (χ1v) is 4.43. The zero-order valence-corrected chi connectivity index (χ0v) is 7.84. The van der Waals surface area contributed by atoms with Crippen molar-refractivity contribution >= 4 is 6.03 Å². The number of carbonyl (C=O) groups excluding carboxylic acids is 1. The van der Waals surface area contributed by atoms with Gasteiger partial charge in [-0.2, -0.15) is 0 Å². The number of urea groups is 1. The van der Waals surface area contributed by atoms with Crippen molar-refractivity contribution in [1.82, 2.24) is 15.3 Å². The summed E-state index contributed by atoms with van der Waals surface area (Å²) in [5.41, 5.74) is 2.73. The minimum atomic E-state index is 0.0275. The maximum atomic E-state index is 11.4. The average Bonchev–Trinajstić information content (AvgIpc) is 2.05. The van der Waals surface area contributed by atoms with Crippen LogP contribution in [0.3, 0.4) is 0 Å². The average molecular weight is 171 g/mol. The maximum Gasteiger partial charge on any atom is 0.331 e. The lowest BCUT2D eigenvalue weighted by Gasteiger charge is -2.28. The van der Waals surface area contributed by atoms with Crippen LogP contribution >= 0.6 is 0 Å². The lowest BCUT2D eigenvalue weighted by molar-refractivity contribution is 0.161. The Morgan fingerprint density at radius 3 is 2.33 bits per heavy atom. The Labute approximate surface area is 73.5 Å². The van der Waals surface area contributed by atoms with Gasteiger partial charge in [0, 0.05) is 27.2 Å². The zero-order valence-electron chi connectivity index (χ0n) is 7.84. The highest BCUT2D eigenvalue weighted by molar-refractivity contribution is 5.73. The molecule has 4 nitrogen and oxygen atoms in total. The summed E-state index contributed by atoms with van der Waals surface area (Å²) >= 11 is 0. The van der Waals surface area contributed by atoms with E-state index in [0.29, 0.717) is 0 Å². The zero-order chi connectivity index (χ0) is 8.97. The van der Waals surface area contributed by atoms with E-state index in [1.807, 2.05) is 19.0 Å². The van der Waals surface area contributed by atoms with E-state index in [-0.39, 0.29) is 6.03 Å². The Morgan fingerprint density at radius 2 is 1.83 bits per heavy atom. The van der Waals surface area contributed by atoms with Gasteiger partial charge < -0.3 is 4.90 Å². The molecule has 0 aromatic heterocycles. The predicted molar refractivity (Wildman–Crippen MR) is 47.6 cm³/mol. The minimum Gasteiger partial charge on any atom is -0.324 e. The van der Waals surface area contributed by atoms with E-state index in [4.69, 9.17) is 0 Å². The predicted octanol–water partition coefficient (Wildman–Crippen LogP) is 0.658. The summed E-state index contributed by atoms with van der Waals surface area (Å²) in [6, 6.07) is 0.0275. The molecule has 1 fully saturated rings. The fourth-order valence-corrected chi connectivity index (χ4v) is 1.36. The molecule has 0 aromatic carbocycles. The first kappa shape index (κ1) is 9.32. The highest BCUT2D eigenvalue weighted by Gasteiger charge is 2.15. The van der Waals surface area contributed by atoms with Gasteiger partial charge in [-0.05, 0) is 19.3 Å². The Kier molecular flexibility index (Phi) is 3.34. The van der Waals surface area contributed by atoms with Gasteiger partial charge in [-0.1, -0.05) is 0 Å². The monoisotopic (exact) mass is 171 g/mol. The molecule has 0 radical (unpaired) electrons. The van der Waals surface area contributed by atoms with Crippen LogP contribution in [0.4, 0.5) is 4.79 Å². The second-order valence-electron chi connectivity index (χ2n) is 3.36. The smallest absolute Gasteiger partial charge is 0.324 e. The van der Waals surface area contributed by atoms with E-state index >= 15 is 0 Å². The number of rotatable bonds is 1. The van der Waals surface area contributed by atoms with Crippen LogP contribution in [0.2, 0.25) is 0 Å². The first-order chi connectivity index (χ1) is 5.70. The minimum absolute atomic E-state index is 0.0275. The molecule has 0 aliphatic carbocycles. The molecular weight excluding hydrogens is 154 g/mol. The lowest BCUT2D eigenvalue weighted by atomic mass is 10.1. The number of likely N-dealkylation sites (tertiary alicyclic amines) is 1. The largest absolute Gasteiger partial charge is 0.331 e. The highest BCUT2D eigenvalue weighted by Crippen LogP contribution is 2.08. The first-order valence-electron chi connectivity index (χ1n) is 4.43. The van der Waals surface area contributed by atoms with Crippen LogP contribution in [0.5, 0.6) is 0 Å². The molecule has 0 saturated carbocycles. The maximum absolute atomic E-state index is 11.4. The van der Waals surface area contributed by atoms with Gasteiger partial charge in [0.1, 0.15) is 0 Å². The fraction of sp³-hybridized carbons (Fsp3) is 0.875. The van der Waals surface area contributed by atoms with Crippen LogP contribution in [0.25, 0.3) is 0 Å². The molecule has 4 heteroatoms. The number of carbonyl (C=O) groups is 1. The van der Waals surface area contributed by atoms with Crippen molar-refractivity contribution in [2.75, 3.05) is 27.2 Å². The number of nitrogens with zero attached hydrogens (tertiary/aromatic N) is 2. The van der Waals surface area contributed by atoms with Gasteiger partial charge in [-0.3, -0.25) is 5.43 Å². The van der Waals surface area contributed by atoms with Gasteiger partial charge in [0.25, 0.3) is 0 Å². The molecular formula is C8H17N3O. The van der Waals surface area contributed by atoms with E-state index in [2.05, 4.69) is 5.43 Å². The molecule has 12 heavy (non-hydrogen) atoms. The Balaban J connectivity index is 2.30. The lowest BCUT2D eigenvalue weighted by Crippen LogP contribution is -2.47. The molecule has 1 heterocycles. The summed E-state index contributed by atoms with van der Waals surface area (Å²) in [5.74, 6) is 0. The number of amides is 2. The molecule has 1 rings (SSSR count). The van der Waals surface area contributed by atoms with Gasteiger partial charge in [0.15, 0.2) is 0 Å². The summed E-state index contributed by atoms with van der Waals surface area (Å²) in [4.78, 5) is 13.2. The second-order valence-corrected chi connectivity index (χ2v) is 3.36. The molecule has 2 amide bonds. The summed E-state index contributed by atoms with van der Waals surface area (Å²) < 4.78 is 0. The quantitative estimate of drug-likeness (QED) is 0.588. The molecule has 0 bridgehead atoms. The van der Waals surface area contributed by atoms with E-state index in [0.717, 1.165) is 25.9 Å². The van der Waals surface area contributed by atoms with Crippen LogP contribution in [0, 0.1) is 0 Å². The third-order valence-corrected chi connectivity index (χ3v) is 1.96. The normalized spacial score (nSPS) is 18.1. The van der Waals surface area contributed by atoms with Crippen molar-refractivity contribution in [1.29, 1.82) is 0 Å². The van der Waals surface area contributed by atoms with Crippen molar-refractivity contribution in [2.45, 2.75) is 19.3 Å². The standard InChI is InChI=1S/C8H17N3O/c1-10(2)9-8(12)11-6-4-3-5-7-11/h3-7H2,1-2H3,(H,9,12). The number of nitrogens with one attached hydrogen (secondary N) is 1. The van der Waals surface area contributed by atoms with Crippen LogP contribution in [0.1, 0.15) is 19.3 Å². The SMILES string of the molecule is CN(C)NC(=O)N1CCCCC1. The number of piperidine rings is 1. The molecule has 0 spiro atoms. The van der Waals surface area contributed by atoms with E-state index in [1.54, 1.807) is 5.01 Å². The van der Waals surface area contributed by atoms with Gasteiger partial charge in [-0.25, -0.2) is 9.80 Å². The number of hydrogen-bond donors (Lipinski definition) is 1. The molecule has 1 aliphatic rings. The molecule has 70 valence electrons. The molecule has 0 atom stereocenters. The van der Waals surface area contributed by atoms with Crippen molar-refractivity contribution in [3.63, 3.8) is 0 Å². The van der Waals surface area contributed by atoms with Crippen LogP contribution in [-0.4, -0.2) is 43.1 Å². The third kappa shape index (κ3) is 2.70. The molecule has 0 aromatic rings. The van der Waals surface area contributed by atoms with E-state index < -0.39 is 0 Å². The number of hydrogen-bond acceptors (Lipinski definition) is 2. The third-order valence-electron chi connectivity index (χ3n) is 1.96. The number of hydrazine groups is 1. The van der Waals surface area contributed by atoms with Crippen LogP contribution < -0.4 is 5.43 Å².